The number of aromatic nitrogens is 3. The normalized spacial score (nSPS) is 24.2. The summed E-state index contributed by atoms with van der Waals surface area (Å²) in [6.07, 6.45) is 4.01. The molecule has 7 nitrogen and oxygen atoms in total. The van der Waals surface area contributed by atoms with Gasteiger partial charge in [0.2, 0.25) is 5.82 Å². The van der Waals surface area contributed by atoms with Crippen molar-refractivity contribution in [3.05, 3.63) is 33.6 Å². The summed E-state index contributed by atoms with van der Waals surface area (Å²) in [5.74, 6) is -0.856. The Hall–Kier alpha value is -2.22. The first-order valence-electron chi connectivity index (χ1n) is 8.76. The van der Waals surface area contributed by atoms with Crippen LogP contribution >= 0.6 is 0 Å². The molecule has 1 N–H and O–H groups in total. The lowest BCUT2D eigenvalue weighted by molar-refractivity contribution is -0.145. The third-order valence-corrected chi connectivity index (χ3v) is 5.10. The molecule has 4 heterocycles. The van der Waals surface area contributed by atoms with Crippen molar-refractivity contribution in [2.75, 3.05) is 13.2 Å². The topological polar surface area (TPSA) is 79.7 Å². The molecule has 2 fully saturated rings. The number of nitrogens with one attached hydrogen (secondary N) is 1. The minimum atomic E-state index is -0.859. The van der Waals surface area contributed by atoms with Gasteiger partial charge in [-0.3, -0.25) is 14.7 Å². The highest BCUT2D eigenvalue weighted by Crippen LogP contribution is 2.32. The van der Waals surface area contributed by atoms with Gasteiger partial charge >= 0.3 is 5.56 Å². The Bertz CT molecular complexity index is 869. The van der Waals surface area contributed by atoms with Gasteiger partial charge in [0, 0.05) is 19.2 Å². The molecule has 2 aliphatic rings. The average molecular weight is 348 g/mol. The zero-order valence-corrected chi connectivity index (χ0v) is 14.1. The number of hydrogen-bond acceptors (Lipinski definition) is 4. The fraction of sp³-hybridized carbons (Fsp3) is 0.588. The predicted molar refractivity (Wildman–Crippen MR) is 87.8 cm³/mol. The van der Waals surface area contributed by atoms with Crippen molar-refractivity contribution in [1.29, 1.82) is 0 Å². The molecule has 0 spiro atoms. The summed E-state index contributed by atoms with van der Waals surface area (Å²) in [5.41, 5.74) is 0.405. The van der Waals surface area contributed by atoms with Crippen molar-refractivity contribution < 1.29 is 13.9 Å². The van der Waals surface area contributed by atoms with Crippen molar-refractivity contribution in [1.82, 2.24) is 19.5 Å². The Kier molecular flexibility index (Phi) is 4.07. The number of carbonyl (C=O) groups is 1. The largest absolute Gasteiger partial charge is 0.368 e. The van der Waals surface area contributed by atoms with Crippen LogP contribution in [0.15, 0.2) is 10.9 Å². The maximum atomic E-state index is 13.8. The van der Waals surface area contributed by atoms with Gasteiger partial charge in [-0.2, -0.15) is 8.91 Å². The quantitative estimate of drug-likeness (QED) is 0.896. The highest BCUT2D eigenvalue weighted by atomic mass is 19.1. The predicted octanol–water partition coefficient (Wildman–Crippen LogP) is 1.70. The molecule has 2 aliphatic heterocycles. The van der Waals surface area contributed by atoms with Crippen molar-refractivity contribution in [3.63, 3.8) is 0 Å². The van der Waals surface area contributed by atoms with Gasteiger partial charge in [0.15, 0.2) is 5.65 Å². The monoisotopic (exact) mass is 348 g/mol. The van der Waals surface area contributed by atoms with Crippen molar-refractivity contribution in [3.8, 4) is 0 Å². The first-order chi connectivity index (χ1) is 12.1. The zero-order chi connectivity index (χ0) is 17.6. The number of hydrogen-bond donors (Lipinski definition) is 1. The lowest BCUT2D eigenvalue weighted by atomic mass is 9.98. The van der Waals surface area contributed by atoms with Crippen LogP contribution in [0.2, 0.25) is 0 Å². The summed E-state index contributed by atoms with van der Waals surface area (Å²) in [6, 6.07) is 1.56. The summed E-state index contributed by atoms with van der Waals surface area (Å²) >= 11 is 0. The molecule has 2 aromatic rings. The number of rotatable bonds is 2. The van der Waals surface area contributed by atoms with Crippen LogP contribution in [0.1, 0.15) is 49.5 Å². The van der Waals surface area contributed by atoms with Crippen LogP contribution in [0.25, 0.3) is 5.65 Å². The molecule has 2 aromatic heterocycles. The number of fused-ring (bicyclic) bond motifs is 1. The number of ether oxygens (including phenoxy) is 1. The van der Waals surface area contributed by atoms with Crippen molar-refractivity contribution in [2.45, 2.75) is 51.2 Å². The first-order valence-corrected chi connectivity index (χ1v) is 8.76. The van der Waals surface area contributed by atoms with E-state index < -0.39 is 11.4 Å². The van der Waals surface area contributed by atoms with E-state index in [2.05, 4.69) is 10.1 Å². The lowest BCUT2D eigenvalue weighted by Crippen LogP contribution is -2.44. The molecule has 2 atom stereocenters. The Morgan fingerprint density at radius 2 is 2.20 bits per heavy atom. The van der Waals surface area contributed by atoms with E-state index in [-0.39, 0.29) is 23.7 Å². The number of likely N-dealkylation sites (tertiary alicyclic amines) is 1. The standard InChI is InChI=1S/C17H21FN4O3/c1-10-15(18)17(24)22-14(19-10)9-11(20-22)12-5-2-3-7-21(12)16(23)13-6-4-8-25-13/h9,12-13,20H,2-8H2,1H3/t12-,13-/m0/s1. The summed E-state index contributed by atoms with van der Waals surface area (Å²) in [4.78, 5) is 30.9. The van der Waals surface area contributed by atoms with Gasteiger partial charge < -0.3 is 9.64 Å². The number of aromatic amines is 1. The molecule has 1 amide bonds. The molecular weight excluding hydrogens is 327 g/mol. The molecule has 0 aromatic carbocycles. The van der Waals surface area contributed by atoms with Crippen LogP contribution in [0, 0.1) is 12.7 Å². The Morgan fingerprint density at radius 1 is 1.36 bits per heavy atom. The fourth-order valence-electron chi connectivity index (χ4n) is 3.78. The van der Waals surface area contributed by atoms with Gasteiger partial charge in [0.05, 0.1) is 17.4 Å². The van der Waals surface area contributed by atoms with E-state index in [0.29, 0.717) is 24.5 Å². The average Bonchev–Trinajstić information content (AvgIpc) is 3.29. The summed E-state index contributed by atoms with van der Waals surface area (Å²) in [6.45, 7) is 2.75. The van der Waals surface area contributed by atoms with Crippen molar-refractivity contribution in [2.24, 2.45) is 0 Å². The number of aryl methyl sites for hydroxylation is 1. The second kappa shape index (κ2) is 6.25. The third kappa shape index (κ3) is 2.74. The number of H-pyrrole nitrogens is 1. The second-order valence-corrected chi connectivity index (χ2v) is 6.77. The number of carbonyl (C=O) groups excluding carboxylic acids is 1. The molecule has 0 bridgehead atoms. The molecule has 0 unspecified atom stereocenters. The van der Waals surface area contributed by atoms with Crippen LogP contribution in [-0.2, 0) is 9.53 Å². The van der Waals surface area contributed by atoms with Crippen molar-refractivity contribution >= 4 is 11.6 Å². The van der Waals surface area contributed by atoms with Crippen LogP contribution in [-0.4, -0.2) is 44.7 Å². The Labute approximate surface area is 143 Å². The van der Waals surface area contributed by atoms with Gasteiger partial charge in [0.1, 0.15) is 6.10 Å². The summed E-state index contributed by atoms with van der Waals surface area (Å²) < 4.78 is 20.5. The minimum absolute atomic E-state index is 0.00326. The fourth-order valence-corrected chi connectivity index (χ4v) is 3.78. The molecule has 4 rings (SSSR count). The molecule has 0 saturated carbocycles. The highest BCUT2D eigenvalue weighted by molar-refractivity contribution is 5.81. The maximum Gasteiger partial charge on any atom is 0.308 e. The van der Waals surface area contributed by atoms with E-state index in [1.165, 1.54) is 6.92 Å². The molecular formula is C17H21FN4O3. The van der Waals surface area contributed by atoms with E-state index in [1.807, 2.05) is 4.90 Å². The number of nitrogens with zero attached hydrogens (tertiary/aromatic N) is 3. The van der Waals surface area contributed by atoms with Crippen LogP contribution in [0.5, 0.6) is 0 Å². The highest BCUT2D eigenvalue weighted by Gasteiger charge is 2.35. The SMILES string of the molecule is Cc1nc2cc([C@@H]3CCCCN3C(=O)[C@@H]3CCCO3)[nH]n2c(=O)c1F. The lowest BCUT2D eigenvalue weighted by Gasteiger charge is -2.36. The van der Waals surface area contributed by atoms with Gasteiger partial charge in [-0.05, 0) is 39.0 Å². The van der Waals surface area contributed by atoms with Crippen LogP contribution < -0.4 is 5.56 Å². The summed E-state index contributed by atoms with van der Waals surface area (Å²) in [5, 5.41) is 2.94. The molecule has 0 aliphatic carbocycles. The first kappa shape index (κ1) is 16.3. The molecule has 134 valence electrons. The van der Waals surface area contributed by atoms with Crippen LogP contribution in [0.4, 0.5) is 4.39 Å². The van der Waals surface area contributed by atoms with Crippen LogP contribution in [0.3, 0.4) is 0 Å². The molecule has 0 radical (unpaired) electrons. The third-order valence-electron chi connectivity index (χ3n) is 5.10. The minimum Gasteiger partial charge on any atom is -0.368 e. The van der Waals surface area contributed by atoms with E-state index >= 15 is 0 Å². The molecule has 25 heavy (non-hydrogen) atoms. The van der Waals surface area contributed by atoms with Gasteiger partial charge in [-0.25, -0.2) is 4.98 Å². The van der Waals surface area contributed by atoms with E-state index in [4.69, 9.17) is 4.74 Å². The Morgan fingerprint density at radius 3 is 2.96 bits per heavy atom. The van der Waals surface area contributed by atoms with E-state index in [0.717, 1.165) is 36.6 Å². The molecule has 2 saturated heterocycles. The number of piperidine rings is 1. The smallest absolute Gasteiger partial charge is 0.308 e. The summed E-state index contributed by atoms with van der Waals surface area (Å²) in [7, 11) is 0. The van der Waals surface area contributed by atoms with Gasteiger partial charge in [-0.15, -0.1) is 0 Å². The number of halogens is 1. The molecule has 8 heteroatoms. The Balaban J connectivity index is 1.71. The second-order valence-electron chi connectivity index (χ2n) is 6.77. The zero-order valence-electron chi connectivity index (χ0n) is 14.1. The maximum absolute atomic E-state index is 13.8. The number of amides is 1. The van der Waals surface area contributed by atoms with Gasteiger partial charge in [-0.1, -0.05) is 0 Å². The van der Waals surface area contributed by atoms with E-state index in [9.17, 15) is 14.0 Å². The van der Waals surface area contributed by atoms with E-state index in [1.54, 1.807) is 6.07 Å². The van der Waals surface area contributed by atoms with Gasteiger partial charge in [0.25, 0.3) is 5.91 Å².